The first-order chi connectivity index (χ1) is 9.66. The number of nitrogens with zero attached hydrogens (tertiary/aromatic N) is 2. The van der Waals surface area contributed by atoms with Gasteiger partial charge in [-0.15, -0.1) is 24.2 Å². The van der Waals surface area contributed by atoms with Crippen LogP contribution < -0.4 is 5.73 Å². The van der Waals surface area contributed by atoms with Gasteiger partial charge in [-0.05, 0) is 37.1 Å². The molecule has 114 valence electrons. The van der Waals surface area contributed by atoms with Gasteiger partial charge in [0.15, 0.2) is 5.82 Å². The number of aromatic nitrogens is 2. The SMILES string of the molecule is Cl.NC1(c2noc(CSc3ccc(O)cc3)n2)CCCC1. The Morgan fingerprint density at radius 3 is 2.57 bits per heavy atom. The summed E-state index contributed by atoms with van der Waals surface area (Å²) in [5, 5.41) is 13.3. The molecule has 1 aromatic heterocycles. The van der Waals surface area contributed by atoms with Gasteiger partial charge >= 0.3 is 0 Å². The van der Waals surface area contributed by atoms with Crippen LogP contribution >= 0.6 is 24.2 Å². The quantitative estimate of drug-likeness (QED) is 0.839. The van der Waals surface area contributed by atoms with Crippen molar-refractivity contribution in [2.24, 2.45) is 5.73 Å². The Bertz CT molecular complexity index is 582. The number of halogens is 1. The summed E-state index contributed by atoms with van der Waals surface area (Å²) in [6.07, 6.45) is 4.11. The van der Waals surface area contributed by atoms with Gasteiger partial charge in [0.1, 0.15) is 5.75 Å². The molecular weight excluding hydrogens is 310 g/mol. The molecule has 1 aliphatic carbocycles. The van der Waals surface area contributed by atoms with Crippen LogP contribution in [0.25, 0.3) is 0 Å². The van der Waals surface area contributed by atoms with Crippen molar-refractivity contribution in [1.82, 2.24) is 10.1 Å². The van der Waals surface area contributed by atoms with Gasteiger partial charge in [-0.2, -0.15) is 4.98 Å². The van der Waals surface area contributed by atoms with Crippen LogP contribution in [0, 0.1) is 0 Å². The van der Waals surface area contributed by atoms with Gasteiger partial charge in [-0.3, -0.25) is 0 Å². The summed E-state index contributed by atoms with van der Waals surface area (Å²) in [5.41, 5.74) is 5.90. The van der Waals surface area contributed by atoms with Gasteiger partial charge in [0.25, 0.3) is 0 Å². The van der Waals surface area contributed by atoms with Gasteiger partial charge in [0.2, 0.25) is 5.89 Å². The first-order valence-electron chi connectivity index (χ1n) is 6.69. The molecule has 2 aromatic rings. The highest BCUT2D eigenvalue weighted by Gasteiger charge is 2.35. The topological polar surface area (TPSA) is 85.2 Å². The summed E-state index contributed by atoms with van der Waals surface area (Å²) >= 11 is 1.59. The summed E-state index contributed by atoms with van der Waals surface area (Å²) in [6, 6.07) is 7.04. The summed E-state index contributed by atoms with van der Waals surface area (Å²) in [6.45, 7) is 0. The number of hydrogen-bond acceptors (Lipinski definition) is 6. The Balaban J connectivity index is 0.00000161. The third kappa shape index (κ3) is 3.70. The van der Waals surface area contributed by atoms with E-state index < -0.39 is 5.54 Å². The van der Waals surface area contributed by atoms with Gasteiger partial charge in [-0.25, -0.2) is 0 Å². The summed E-state index contributed by atoms with van der Waals surface area (Å²) in [4.78, 5) is 5.47. The number of thioether (sulfide) groups is 1. The predicted octanol–water partition coefficient (Wildman–Crippen LogP) is 3.22. The highest BCUT2D eigenvalue weighted by molar-refractivity contribution is 7.98. The molecule has 1 aromatic carbocycles. The van der Waals surface area contributed by atoms with Gasteiger partial charge in [0.05, 0.1) is 11.3 Å². The van der Waals surface area contributed by atoms with E-state index in [1.54, 1.807) is 23.9 Å². The fraction of sp³-hybridized carbons (Fsp3) is 0.429. The van der Waals surface area contributed by atoms with E-state index in [1.807, 2.05) is 12.1 Å². The molecule has 0 unspecified atom stereocenters. The van der Waals surface area contributed by atoms with Crippen LogP contribution in [0.4, 0.5) is 0 Å². The molecule has 0 atom stereocenters. The first kappa shape index (κ1) is 16.1. The van der Waals surface area contributed by atoms with E-state index >= 15 is 0 Å². The largest absolute Gasteiger partial charge is 0.508 e. The lowest BCUT2D eigenvalue weighted by atomic mass is 9.99. The van der Waals surface area contributed by atoms with Crippen LogP contribution in [-0.4, -0.2) is 15.2 Å². The highest BCUT2D eigenvalue weighted by Crippen LogP contribution is 2.35. The maximum absolute atomic E-state index is 9.23. The van der Waals surface area contributed by atoms with Gasteiger partial charge in [-0.1, -0.05) is 18.0 Å². The maximum atomic E-state index is 9.23. The molecule has 1 heterocycles. The normalized spacial score (nSPS) is 16.6. The average Bonchev–Trinajstić information content (AvgIpc) is 3.08. The molecule has 0 radical (unpaired) electrons. The molecule has 21 heavy (non-hydrogen) atoms. The monoisotopic (exact) mass is 327 g/mol. The third-order valence-electron chi connectivity index (χ3n) is 3.61. The number of phenols is 1. The summed E-state index contributed by atoms with van der Waals surface area (Å²) < 4.78 is 5.28. The van der Waals surface area contributed by atoms with Crippen LogP contribution in [0.2, 0.25) is 0 Å². The lowest BCUT2D eigenvalue weighted by Crippen LogP contribution is -2.34. The maximum Gasteiger partial charge on any atom is 0.237 e. The second-order valence-electron chi connectivity index (χ2n) is 5.16. The van der Waals surface area contributed by atoms with E-state index in [4.69, 9.17) is 10.3 Å². The van der Waals surface area contributed by atoms with Crippen LogP contribution in [0.1, 0.15) is 37.4 Å². The first-order valence-corrected chi connectivity index (χ1v) is 7.68. The minimum atomic E-state index is -0.398. The Morgan fingerprint density at radius 1 is 1.24 bits per heavy atom. The Kier molecular flexibility index (Phi) is 5.13. The molecule has 0 bridgehead atoms. The van der Waals surface area contributed by atoms with Crippen molar-refractivity contribution in [3.63, 3.8) is 0 Å². The molecular formula is C14H18ClN3O2S. The van der Waals surface area contributed by atoms with Crippen LogP contribution in [0.5, 0.6) is 5.75 Å². The number of aromatic hydroxyl groups is 1. The van der Waals surface area contributed by atoms with Crippen molar-refractivity contribution < 1.29 is 9.63 Å². The van der Waals surface area contributed by atoms with Crippen LogP contribution in [-0.2, 0) is 11.3 Å². The van der Waals surface area contributed by atoms with Crippen molar-refractivity contribution in [2.45, 2.75) is 41.9 Å². The van der Waals surface area contributed by atoms with Crippen molar-refractivity contribution in [3.8, 4) is 5.75 Å². The van der Waals surface area contributed by atoms with Gasteiger partial charge in [0, 0.05) is 4.90 Å². The van der Waals surface area contributed by atoms with Gasteiger partial charge < -0.3 is 15.4 Å². The number of hydrogen-bond donors (Lipinski definition) is 2. The fourth-order valence-corrected chi connectivity index (χ4v) is 3.17. The smallest absolute Gasteiger partial charge is 0.237 e. The Hall–Kier alpha value is -1.24. The average molecular weight is 328 g/mol. The highest BCUT2D eigenvalue weighted by atomic mass is 35.5. The van der Waals surface area contributed by atoms with Crippen LogP contribution in [0.15, 0.2) is 33.7 Å². The van der Waals surface area contributed by atoms with E-state index in [0.29, 0.717) is 17.5 Å². The van der Waals surface area contributed by atoms with E-state index in [2.05, 4.69) is 10.1 Å². The molecule has 0 spiro atoms. The van der Waals surface area contributed by atoms with Crippen molar-refractivity contribution in [2.75, 3.05) is 0 Å². The van der Waals surface area contributed by atoms with Crippen molar-refractivity contribution in [1.29, 1.82) is 0 Å². The molecule has 5 nitrogen and oxygen atoms in total. The van der Waals surface area contributed by atoms with E-state index in [-0.39, 0.29) is 18.2 Å². The number of rotatable bonds is 4. The van der Waals surface area contributed by atoms with Crippen LogP contribution in [0.3, 0.4) is 0 Å². The fourth-order valence-electron chi connectivity index (χ4n) is 2.43. The minimum absolute atomic E-state index is 0. The molecule has 7 heteroatoms. The number of nitrogens with two attached hydrogens (primary N) is 1. The predicted molar refractivity (Wildman–Crippen MR) is 83.5 cm³/mol. The minimum Gasteiger partial charge on any atom is -0.508 e. The molecule has 0 saturated heterocycles. The zero-order chi connectivity index (χ0) is 14.0. The van der Waals surface area contributed by atoms with Crippen molar-refractivity contribution >= 4 is 24.2 Å². The second-order valence-corrected chi connectivity index (χ2v) is 6.21. The molecule has 0 aliphatic heterocycles. The zero-order valence-electron chi connectivity index (χ0n) is 11.5. The number of benzene rings is 1. The molecule has 1 saturated carbocycles. The summed E-state index contributed by atoms with van der Waals surface area (Å²) in [7, 11) is 0. The number of phenolic OH excluding ortho intramolecular Hbond substituents is 1. The molecule has 1 aliphatic rings. The second kappa shape index (κ2) is 6.68. The molecule has 0 amide bonds. The Labute approximate surface area is 133 Å². The Morgan fingerprint density at radius 2 is 1.90 bits per heavy atom. The summed E-state index contributed by atoms with van der Waals surface area (Å²) in [5.74, 6) is 2.10. The lowest BCUT2D eigenvalue weighted by Gasteiger charge is -2.17. The van der Waals surface area contributed by atoms with Crippen molar-refractivity contribution in [3.05, 3.63) is 36.0 Å². The van der Waals surface area contributed by atoms with E-state index in [0.717, 1.165) is 30.6 Å². The molecule has 3 rings (SSSR count). The van der Waals surface area contributed by atoms with E-state index in [9.17, 15) is 5.11 Å². The standard InChI is InChI=1S/C14H17N3O2S.ClH/c15-14(7-1-2-8-14)13-16-12(19-17-13)9-20-11-5-3-10(18)4-6-11;/h3-6,18H,1-2,7-9,15H2;1H. The molecule has 3 N–H and O–H groups in total. The lowest BCUT2D eigenvalue weighted by molar-refractivity contribution is 0.355. The van der Waals surface area contributed by atoms with E-state index in [1.165, 1.54) is 0 Å². The third-order valence-corrected chi connectivity index (χ3v) is 4.61. The zero-order valence-corrected chi connectivity index (χ0v) is 13.1. The molecule has 1 fully saturated rings.